The number of nitro groups is 1. The lowest BCUT2D eigenvalue weighted by Crippen LogP contribution is -2.33. The maximum Gasteiger partial charge on any atom is 0.269 e. The van der Waals surface area contributed by atoms with Gasteiger partial charge in [0.2, 0.25) is 0 Å². The van der Waals surface area contributed by atoms with Crippen molar-refractivity contribution in [3.05, 3.63) is 64.2 Å². The molecule has 7 nitrogen and oxygen atoms in total. The number of hydrogen-bond donors (Lipinski definition) is 1. The summed E-state index contributed by atoms with van der Waals surface area (Å²) < 4.78 is 28.1. The number of non-ortho nitro benzene ring substituents is 1. The summed E-state index contributed by atoms with van der Waals surface area (Å²) in [6, 6.07) is 12.8. The molecule has 0 radical (unpaired) electrons. The topological polar surface area (TPSA) is 92.6 Å². The summed E-state index contributed by atoms with van der Waals surface area (Å²) in [6.45, 7) is 0.656. The molecule has 1 aliphatic rings. The SMILES string of the molecule is CN(Cc1ccccc1NS(=O)(=O)c1ccc([N+](=O)[O-])cc1)C1CCCCC1. The van der Waals surface area contributed by atoms with Gasteiger partial charge in [0.15, 0.2) is 0 Å². The number of sulfonamides is 1. The molecule has 0 unspecified atom stereocenters. The maximum absolute atomic E-state index is 12.7. The highest BCUT2D eigenvalue weighted by atomic mass is 32.2. The first-order valence-corrected chi connectivity index (χ1v) is 10.9. The predicted molar refractivity (Wildman–Crippen MR) is 109 cm³/mol. The van der Waals surface area contributed by atoms with Crippen LogP contribution in [0.5, 0.6) is 0 Å². The van der Waals surface area contributed by atoms with Crippen molar-refractivity contribution in [2.75, 3.05) is 11.8 Å². The number of hydrogen-bond acceptors (Lipinski definition) is 5. The third-order valence-electron chi connectivity index (χ3n) is 5.24. The number of nitrogens with zero attached hydrogens (tertiary/aromatic N) is 2. The Morgan fingerprint density at radius 3 is 2.36 bits per heavy atom. The van der Waals surface area contributed by atoms with Gasteiger partial charge in [-0.25, -0.2) is 8.42 Å². The molecule has 2 aromatic carbocycles. The second-order valence-corrected chi connectivity index (χ2v) is 8.90. The van der Waals surface area contributed by atoms with Gasteiger partial charge in [0, 0.05) is 24.7 Å². The average Bonchev–Trinajstić information content (AvgIpc) is 2.70. The number of para-hydroxylation sites is 1. The summed E-state index contributed by atoms with van der Waals surface area (Å²) in [5, 5.41) is 10.8. The molecular weight excluding hydrogens is 378 g/mol. The molecule has 1 N–H and O–H groups in total. The van der Waals surface area contributed by atoms with Gasteiger partial charge in [-0.3, -0.25) is 19.7 Å². The Morgan fingerprint density at radius 2 is 1.71 bits per heavy atom. The fourth-order valence-corrected chi connectivity index (χ4v) is 4.73. The van der Waals surface area contributed by atoms with E-state index in [2.05, 4.69) is 16.7 Å². The highest BCUT2D eigenvalue weighted by Crippen LogP contribution is 2.26. The molecule has 0 aromatic heterocycles. The number of nitro benzene ring substituents is 1. The van der Waals surface area contributed by atoms with E-state index in [0.717, 1.165) is 5.56 Å². The second kappa shape index (κ2) is 8.70. The van der Waals surface area contributed by atoms with Crippen molar-refractivity contribution >= 4 is 21.4 Å². The van der Waals surface area contributed by atoms with Crippen LogP contribution in [0.4, 0.5) is 11.4 Å². The van der Waals surface area contributed by atoms with Crippen LogP contribution in [0.1, 0.15) is 37.7 Å². The van der Waals surface area contributed by atoms with E-state index in [0.29, 0.717) is 18.3 Å². The molecule has 0 amide bonds. The van der Waals surface area contributed by atoms with Gasteiger partial charge < -0.3 is 0 Å². The highest BCUT2D eigenvalue weighted by Gasteiger charge is 2.21. The van der Waals surface area contributed by atoms with Crippen LogP contribution in [0.2, 0.25) is 0 Å². The Labute approximate surface area is 165 Å². The molecule has 150 valence electrons. The predicted octanol–water partition coefficient (Wildman–Crippen LogP) is 4.16. The van der Waals surface area contributed by atoms with Crippen LogP contribution in [0, 0.1) is 10.1 Å². The quantitative estimate of drug-likeness (QED) is 0.553. The van der Waals surface area contributed by atoms with Crippen molar-refractivity contribution in [1.29, 1.82) is 0 Å². The Kier molecular flexibility index (Phi) is 6.31. The van der Waals surface area contributed by atoms with Crippen molar-refractivity contribution in [3.8, 4) is 0 Å². The number of nitrogens with one attached hydrogen (secondary N) is 1. The second-order valence-electron chi connectivity index (χ2n) is 7.22. The van der Waals surface area contributed by atoms with Gasteiger partial charge in [-0.1, -0.05) is 37.5 Å². The standard InChI is InChI=1S/C20H25N3O4S/c1-22(17-8-3-2-4-9-17)15-16-7-5-6-10-20(16)21-28(26,27)19-13-11-18(12-14-19)23(24)25/h5-7,10-14,17,21H,2-4,8-9,15H2,1H3. The van der Waals surface area contributed by atoms with Crippen molar-refractivity contribution in [3.63, 3.8) is 0 Å². The van der Waals surface area contributed by atoms with Gasteiger partial charge in [0.05, 0.1) is 15.5 Å². The molecular formula is C20H25N3O4S. The summed E-state index contributed by atoms with van der Waals surface area (Å²) >= 11 is 0. The number of anilines is 1. The fourth-order valence-electron chi connectivity index (χ4n) is 3.63. The zero-order chi connectivity index (χ0) is 20.1. The normalized spacial score (nSPS) is 15.5. The van der Waals surface area contributed by atoms with E-state index in [-0.39, 0.29) is 10.6 Å². The molecule has 0 bridgehead atoms. The van der Waals surface area contributed by atoms with E-state index >= 15 is 0 Å². The Bertz CT molecular complexity index is 923. The van der Waals surface area contributed by atoms with Crippen LogP contribution in [0.15, 0.2) is 53.4 Å². The fraction of sp³-hybridized carbons (Fsp3) is 0.400. The van der Waals surface area contributed by atoms with Crippen molar-refractivity contribution in [2.45, 2.75) is 49.6 Å². The van der Waals surface area contributed by atoms with Crippen LogP contribution in [0.3, 0.4) is 0 Å². The lowest BCUT2D eigenvalue weighted by molar-refractivity contribution is -0.384. The molecule has 0 spiro atoms. The van der Waals surface area contributed by atoms with Gasteiger partial charge >= 0.3 is 0 Å². The van der Waals surface area contributed by atoms with Crippen molar-refractivity contribution in [2.24, 2.45) is 0 Å². The monoisotopic (exact) mass is 403 g/mol. The summed E-state index contributed by atoms with van der Waals surface area (Å²) in [6.07, 6.45) is 6.11. The first-order chi connectivity index (χ1) is 13.4. The first kappa shape index (κ1) is 20.3. The molecule has 1 aliphatic carbocycles. The van der Waals surface area contributed by atoms with E-state index < -0.39 is 14.9 Å². The van der Waals surface area contributed by atoms with Crippen LogP contribution in [-0.4, -0.2) is 31.3 Å². The third kappa shape index (κ3) is 4.88. The summed E-state index contributed by atoms with van der Waals surface area (Å²) in [7, 11) is -1.75. The smallest absolute Gasteiger partial charge is 0.269 e. The highest BCUT2D eigenvalue weighted by molar-refractivity contribution is 7.92. The van der Waals surface area contributed by atoms with E-state index in [9.17, 15) is 18.5 Å². The Hall–Kier alpha value is -2.45. The van der Waals surface area contributed by atoms with Gasteiger partial charge in [0.25, 0.3) is 15.7 Å². The molecule has 0 saturated heterocycles. The van der Waals surface area contributed by atoms with Crippen molar-refractivity contribution in [1.82, 2.24) is 4.90 Å². The van der Waals surface area contributed by atoms with Gasteiger partial charge in [-0.2, -0.15) is 0 Å². The van der Waals surface area contributed by atoms with Gasteiger partial charge in [-0.05, 0) is 43.7 Å². The molecule has 1 saturated carbocycles. The molecule has 8 heteroatoms. The minimum Gasteiger partial charge on any atom is -0.299 e. The lowest BCUT2D eigenvalue weighted by Gasteiger charge is -2.31. The van der Waals surface area contributed by atoms with E-state index in [1.54, 1.807) is 12.1 Å². The van der Waals surface area contributed by atoms with E-state index in [4.69, 9.17) is 0 Å². The maximum atomic E-state index is 12.7. The largest absolute Gasteiger partial charge is 0.299 e. The van der Waals surface area contributed by atoms with Crippen LogP contribution in [-0.2, 0) is 16.6 Å². The summed E-state index contributed by atoms with van der Waals surface area (Å²) in [5.41, 5.74) is 1.29. The molecule has 0 aliphatic heterocycles. The van der Waals surface area contributed by atoms with E-state index in [1.807, 2.05) is 12.1 Å². The Balaban J connectivity index is 1.77. The Morgan fingerprint density at radius 1 is 1.07 bits per heavy atom. The summed E-state index contributed by atoms with van der Waals surface area (Å²) in [5.74, 6) is 0. The minimum atomic E-state index is -3.83. The van der Waals surface area contributed by atoms with Crippen molar-refractivity contribution < 1.29 is 13.3 Å². The van der Waals surface area contributed by atoms with Crippen LogP contribution < -0.4 is 4.72 Å². The molecule has 0 heterocycles. The van der Waals surface area contributed by atoms with Gasteiger partial charge in [0.1, 0.15) is 0 Å². The molecule has 1 fully saturated rings. The average molecular weight is 404 g/mol. The van der Waals surface area contributed by atoms with Gasteiger partial charge in [-0.15, -0.1) is 0 Å². The third-order valence-corrected chi connectivity index (χ3v) is 6.62. The molecule has 28 heavy (non-hydrogen) atoms. The lowest BCUT2D eigenvalue weighted by atomic mass is 9.94. The zero-order valence-corrected chi connectivity index (χ0v) is 16.7. The van der Waals surface area contributed by atoms with E-state index in [1.165, 1.54) is 56.4 Å². The number of rotatable bonds is 7. The minimum absolute atomic E-state index is 0.00598. The molecule has 2 aromatic rings. The number of benzene rings is 2. The molecule has 0 atom stereocenters. The van der Waals surface area contributed by atoms with Crippen LogP contribution in [0.25, 0.3) is 0 Å². The molecule has 3 rings (SSSR count). The first-order valence-electron chi connectivity index (χ1n) is 9.42. The summed E-state index contributed by atoms with van der Waals surface area (Å²) in [4.78, 5) is 12.5. The van der Waals surface area contributed by atoms with Crippen LogP contribution >= 0.6 is 0 Å². The zero-order valence-electron chi connectivity index (χ0n) is 15.9.